The van der Waals surface area contributed by atoms with E-state index in [0.717, 1.165) is 25.9 Å². The molecule has 132 valence electrons. The van der Waals surface area contributed by atoms with Crippen LogP contribution in [0.3, 0.4) is 0 Å². The summed E-state index contributed by atoms with van der Waals surface area (Å²) >= 11 is 12.1. The van der Waals surface area contributed by atoms with E-state index in [9.17, 15) is 4.79 Å². The van der Waals surface area contributed by atoms with Crippen LogP contribution in [-0.4, -0.2) is 35.4 Å². The van der Waals surface area contributed by atoms with E-state index in [1.165, 1.54) is 6.20 Å². The molecule has 0 unspecified atom stereocenters. The summed E-state index contributed by atoms with van der Waals surface area (Å²) in [5.41, 5.74) is 6.23. The maximum absolute atomic E-state index is 12.5. The number of pyridine rings is 1. The number of piperidine rings is 1. The average molecular weight is 380 g/mol. The number of amides is 1. The first kappa shape index (κ1) is 18.0. The predicted molar refractivity (Wildman–Crippen MR) is 98.5 cm³/mol. The lowest BCUT2D eigenvalue weighted by Crippen LogP contribution is -2.40. The van der Waals surface area contributed by atoms with Gasteiger partial charge in [0.25, 0.3) is 5.91 Å². The fourth-order valence-corrected chi connectivity index (χ4v) is 3.13. The molecule has 1 aromatic carbocycles. The Hall–Kier alpha value is -1.82. The first-order valence-corrected chi connectivity index (χ1v) is 8.91. The molecule has 0 radical (unpaired) electrons. The molecule has 0 spiro atoms. The maximum Gasteiger partial charge on any atom is 0.255 e. The van der Waals surface area contributed by atoms with Crippen LogP contribution >= 0.6 is 23.2 Å². The molecular formula is C18H19Cl2N3O2. The van der Waals surface area contributed by atoms with E-state index in [1.807, 2.05) is 4.90 Å². The van der Waals surface area contributed by atoms with Crippen molar-refractivity contribution >= 4 is 29.1 Å². The first-order chi connectivity index (χ1) is 12.1. The van der Waals surface area contributed by atoms with Crippen molar-refractivity contribution < 1.29 is 9.53 Å². The molecule has 25 heavy (non-hydrogen) atoms. The van der Waals surface area contributed by atoms with Crippen LogP contribution in [0.25, 0.3) is 0 Å². The highest BCUT2D eigenvalue weighted by atomic mass is 35.5. The number of carbonyl (C=O) groups is 1. The predicted octanol–water partition coefficient (Wildman–Crippen LogP) is 3.99. The molecule has 0 aliphatic carbocycles. The van der Waals surface area contributed by atoms with Crippen molar-refractivity contribution in [2.45, 2.75) is 12.8 Å². The highest BCUT2D eigenvalue weighted by Gasteiger charge is 2.23. The Morgan fingerprint density at radius 1 is 1.24 bits per heavy atom. The van der Waals surface area contributed by atoms with Gasteiger partial charge in [-0.2, -0.15) is 0 Å². The average Bonchev–Trinajstić information content (AvgIpc) is 2.65. The number of likely N-dealkylation sites (tertiary alicyclic amines) is 1. The quantitative estimate of drug-likeness (QED) is 0.871. The Bertz CT molecular complexity index is 744. The second kappa shape index (κ2) is 8.04. The van der Waals surface area contributed by atoms with Crippen LogP contribution in [0, 0.1) is 5.92 Å². The third-order valence-corrected chi connectivity index (χ3v) is 5.15. The number of halogens is 2. The normalized spacial score (nSPS) is 15.2. The standard InChI is InChI=1S/C18H19Cl2N3O2/c19-14-2-1-3-15(17(14)20)25-16-5-4-13(11-22-16)18(24)23-8-6-12(10-21)7-9-23/h1-5,11-12H,6-10,21H2. The third kappa shape index (κ3) is 4.24. The SMILES string of the molecule is NCC1CCN(C(=O)c2ccc(Oc3cccc(Cl)c3Cl)nc2)CC1. The molecule has 1 amide bonds. The molecule has 2 heterocycles. The summed E-state index contributed by atoms with van der Waals surface area (Å²) in [5.74, 6) is 1.27. The fourth-order valence-electron chi connectivity index (χ4n) is 2.80. The highest BCUT2D eigenvalue weighted by Crippen LogP contribution is 2.34. The largest absolute Gasteiger partial charge is 0.437 e. The van der Waals surface area contributed by atoms with Gasteiger partial charge in [-0.3, -0.25) is 4.79 Å². The smallest absolute Gasteiger partial charge is 0.255 e. The summed E-state index contributed by atoms with van der Waals surface area (Å²) in [5, 5.41) is 0.737. The van der Waals surface area contributed by atoms with E-state index < -0.39 is 0 Å². The van der Waals surface area contributed by atoms with Crippen molar-refractivity contribution in [3.05, 3.63) is 52.1 Å². The second-order valence-electron chi connectivity index (χ2n) is 6.01. The van der Waals surface area contributed by atoms with Crippen molar-refractivity contribution in [3.8, 4) is 11.6 Å². The maximum atomic E-state index is 12.5. The van der Waals surface area contributed by atoms with E-state index in [2.05, 4.69) is 4.98 Å². The van der Waals surface area contributed by atoms with Crippen LogP contribution < -0.4 is 10.5 Å². The van der Waals surface area contributed by atoms with Crippen LogP contribution in [0.5, 0.6) is 11.6 Å². The first-order valence-electron chi connectivity index (χ1n) is 8.15. The molecular weight excluding hydrogens is 361 g/mol. The number of nitrogens with zero attached hydrogens (tertiary/aromatic N) is 2. The molecule has 0 bridgehead atoms. The number of hydrogen-bond acceptors (Lipinski definition) is 4. The molecule has 1 aliphatic rings. The molecule has 0 atom stereocenters. The summed E-state index contributed by atoms with van der Waals surface area (Å²) in [6.07, 6.45) is 3.42. The van der Waals surface area contributed by atoms with Gasteiger partial charge in [0.15, 0.2) is 0 Å². The number of ether oxygens (including phenoxy) is 1. The van der Waals surface area contributed by atoms with Gasteiger partial charge >= 0.3 is 0 Å². The molecule has 1 aliphatic heterocycles. The number of hydrogen-bond donors (Lipinski definition) is 1. The minimum absolute atomic E-state index is 0.0182. The molecule has 1 fully saturated rings. The van der Waals surface area contributed by atoms with Crippen LogP contribution in [0.1, 0.15) is 23.2 Å². The van der Waals surface area contributed by atoms with E-state index in [-0.39, 0.29) is 5.91 Å². The third-order valence-electron chi connectivity index (χ3n) is 4.35. The molecule has 1 saturated heterocycles. The molecule has 1 aromatic heterocycles. The van der Waals surface area contributed by atoms with Crippen molar-refractivity contribution in [1.82, 2.24) is 9.88 Å². The Labute approximate surface area is 156 Å². The Balaban J connectivity index is 1.66. The van der Waals surface area contributed by atoms with Crippen LogP contribution in [-0.2, 0) is 0 Å². The lowest BCUT2D eigenvalue weighted by Gasteiger charge is -2.31. The number of carbonyl (C=O) groups excluding carboxylic acids is 1. The van der Waals surface area contributed by atoms with Gasteiger partial charge in [0.1, 0.15) is 10.8 Å². The minimum atomic E-state index is -0.0182. The van der Waals surface area contributed by atoms with Crippen LogP contribution in [0.4, 0.5) is 0 Å². The second-order valence-corrected chi connectivity index (χ2v) is 6.80. The summed E-state index contributed by atoms with van der Waals surface area (Å²) < 4.78 is 5.63. The van der Waals surface area contributed by atoms with Gasteiger partial charge in [0.05, 0.1) is 10.6 Å². The Kier molecular flexibility index (Phi) is 5.78. The summed E-state index contributed by atoms with van der Waals surface area (Å²) in [4.78, 5) is 18.6. The zero-order chi connectivity index (χ0) is 17.8. The van der Waals surface area contributed by atoms with Gasteiger partial charge in [-0.15, -0.1) is 0 Å². The summed E-state index contributed by atoms with van der Waals surface area (Å²) in [6.45, 7) is 2.15. The van der Waals surface area contributed by atoms with E-state index >= 15 is 0 Å². The van der Waals surface area contributed by atoms with E-state index in [0.29, 0.717) is 39.7 Å². The molecule has 5 nitrogen and oxygen atoms in total. The molecule has 2 aromatic rings. The number of benzene rings is 1. The molecule has 7 heteroatoms. The fraction of sp³-hybridized carbons (Fsp3) is 0.333. The number of rotatable bonds is 4. The van der Waals surface area contributed by atoms with Crippen molar-refractivity contribution in [1.29, 1.82) is 0 Å². The van der Waals surface area contributed by atoms with Crippen molar-refractivity contribution in [2.75, 3.05) is 19.6 Å². The van der Waals surface area contributed by atoms with Gasteiger partial charge < -0.3 is 15.4 Å². The van der Waals surface area contributed by atoms with Crippen molar-refractivity contribution in [3.63, 3.8) is 0 Å². The summed E-state index contributed by atoms with van der Waals surface area (Å²) in [6, 6.07) is 8.48. The van der Waals surface area contributed by atoms with Crippen molar-refractivity contribution in [2.24, 2.45) is 11.7 Å². The zero-order valence-corrected chi connectivity index (χ0v) is 15.1. The number of aromatic nitrogens is 1. The lowest BCUT2D eigenvalue weighted by atomic mass is 9.97. The van der Waals surface area contributed by atoms with E-state index in [4.69, 9.17) is 33.7 Å². The molecule has 3 rings (SSSR count). The van der Waals surface area contributed by atoms with Gasteiger partial charge in [0.2, 0.25) is 5.88 Å². The topological polar surface area (TPSA) is 68.5 Å². The molecule has 0 saturated carbocycles. The Morgan fingerprint density at radius 3 is 2.64 bits per heavy atom. The lowest BCUT2D eigenvalue weighted by molar-refractivity contribution is 0.0693. The summed E-state index contributed by atoms with van der Waals surface area (Å²) in [7, 11) is 0. The molecule has 2 N–H and O–H groups in total. The van der Waals surface area contributed by atoms with Crippen LogP contribution in [0.2, 0.25) is 10.0 Å². The number of nitrogens with two attached hydrogens (primary N) is 1. The monoisotopic (exact) mass is 379 g/mol. The zero-order valence-electron chi connectivity index (χ0n) is 13.6. The van der Waals surface area contributed by atoms with Gasteiger partial charge in [-0.25, -0.2) is 4.98 Å². The van der Waals surface area contributed by atoms with Gasteiger partial charge in [-0.1, -0.05) is 29.3 Å². The Morgan fingerprint density at radius 2 is 2.00 bits per heavy atom. The van der Waals surface area contributed by atoms with Crippen LogP contribution in [0.15, 0.2) is 36.5 Å². The van der Waals surface area contributed by atoms with Gasteiger partial charge in [-0.05, 0) is 43.5 Å². The van der Waals surface area contributed by atoms with E-state index in [1.54, 1.807) is 30.3 Å². The minimum Gasteiger partial charge on any atom is -0.437 e. The highest BCUT2D eigenvalue weighted by molar-refractivity contribution is 6.42. The van der Waals surface area contributed by atoms with Gasteiger partial charge in [0, 0.05) is 25.4 Å².